The van der Waals surface area contributed by atoms with Gasteiger partial charge in [0, 0.05) is 24.8 Å². The van der Waals surface area contributed by atoms with E-state index >= 15 is 0 Å². The van der Waals surface area contributed by atoms with Crippen LogP contribution in [0.2, 0.25) is 0 Å². The van der Waals surface area contributed by atoms with Crippen molar-refractivity contribution < 1.29 is 8.42 Å². The van der Waals surface area contributed by atoms with Crippen molar-refractivity contribution in [2.75, 3.05) is 18.6 Å². The SMILES string of the molecule is C[C@H]1NC[C@@H]1CS(C)(=O)=O.N. The second-order valence-electron chi connectivity index (χ2n) is 3.05. The third-order valence-corrected chi connectivity index (χ3v) is 2.96. The van der Waals surface area contributed by atoms with Crippen LogP contribution in [0.1, 0.15) is 6.92 Å². The quantitative estimate of drug-likeness (QED) is 0.616. The van der Waals surface area contributed by atoms with E-state index in [9.17, 15) is 8.42 Å². The Hall–Kier alpha value is -0.130. The molecular formula is C6H16N2O2S. The molecule has 5 heteroatoms. The van der Waals surface area contributed by atoms with E-state index in [0.717, 1.165) is 6.54 Å². The first-order valence-electron chi connectivity index (χ1n) is 3.40. The van der Waals surface area contributed by atoms with Crippen molar-refractivity contribution in [2.24, 2.45) is 5.92 Å². The molecule has 0 aromatic heterocycles. The second-order valence-corrected chi connectivity index (χ2v) is 5.23. The van der Waals surface area contributed by atoms with E-state index in [1.807, 2.05) is 6.92 Å². The minimum absolute atomic E-state index is 0. The van der Waals surface area contributed by atoms with Gasteiger partial charge in [-0.3, -0.25) is 0 Å². The first-order valence-corrected chi connectivity index (χ1v) is 5.46. The summed E-state index contributed by atoms with van der Waals surface area (Å²) in [6.45, 7) is 2.87. The molecule has 1 aliphatic rings. The van der Waals surface area contributed by atoms with Crippen molar-refractivity contribution in [1.29, 1.82) is 0 Å². The Kier molecular flexibility index (Phi) is 3.47. The van der Waals surface area contributed by atoms with Gasteiger partial charge >= 0.3 is 0 Å². The Labute approximate surface area is 67.9 Å². The highest BCUT2D eigenvalue weighted by atomic mass is 32.2. The highest BCUT2D eigenvalue weighted by molar-refractivity contribution is 7.90. The number of sulfone groups is 1. The Morgan fingerprint density at radius 2 is 2.09 bits per heavy atom. The lowest BCUT2D eigenvalue weighted by atomic mass is 9.96. The van der Waals surface area contributed by atoms with Crippen LogP contribution < -0.4 is 11.5 Å². The summed E-state index contributed by atoms with van der Waals surface area (Å²) in [5.74, 6) is 0.677. The maximum Gasteiger partial charge on any atom is 0.147 e. The Balaban J connectivity index is 0.000001000. The van der Waals surface area contributed by atoms with Gasteiger partial charge in [0.25, 0.3) is 0 Å². The number of hydrogen-bond donors (Lipinski definition) is 2. The predicted molar refractivity (Wildman–Crippen MR) is 45.7 cm³/mol. The normalized spacial score (nSPS) is 30.4. The Morgan fingerprint density at radius 3 is 2.18 bits per heavy atom. The topological polar surface area (TPSA) is 81.2 Å². The molecule has 11 heavy (non-hydrogen) atoms. The highest BCUT2D eigenvalue weighted by Crippen LogP contribution is 2.13. The van der Waals surface area contributed by atoms with Gasteiger partial charge in [-0.2, -0.15) is 0 Å². The minimum Gasteiger partial charge on any atom is -0.344 e. The van der Waals surface area contributed by atoms with Gasteiger partial charge < -0.3 is 11.5 Å². The zero-order valence-electron chi connectivity index (χ0n) is 7.00. The highest BCUT2D eigenvalue weighted by Gasteiger charge is 2.28. The summed E-state index contributed by atoms with van der Waals surface area (Å²) in [5, 5.41) is 3.12. The smallest absolute Gasteiger partial charge is 0.147 e. The molecule has 4 N–H and O–H groups in total. The molecule has 0 aromatic rings. The van der Waals surface area contributed by atoms with Gasteiger partial charge in [-0.05, 0) is 6.92 Å². The van der Waals surface area contributed by atoms with Gasteiger partial charge in [-0.1, -0.05) is 0 Å². The first kappa shape index (κ1) is 10.9. The third-order valence-electron chi connectivity index (χ3n) is 1.93. The average molecular weight is 180 g/mol. The average Bonchev–Trinajstić information content (AvgIpc) is 1.78. The number of rotatable bonds is 2. The maximum absolute atomic E-state index is 10.8. The molecule has 0 radical (unpaired) electrons. The Morgan fingerprint density at radius 1 is 1.55 bits per heavy atom. The lowest BCUT2D eigenvalue weighted by molar-refractivity contribution is 0.276. The summed E-state index contributed by atoms with van der Waals surface area (Å²) in [6, 6.07) is 0.384. The fourth-order valence-electron chi connectivity index (χ4n) is 1.11. The van der Waals surface area contributed by atoms with Gasteiger partial charge in [-0.15, -0.1) is 0 Å². The third kappa shape index (κ3) is 3.18. The number of nitrogens with one attached hydrogen (secondary N) is 1. The lowest BCUT2D eigenvalue weighted by Gasteiger charge is -2.34. The van der Waals surface area contributed by atoms with Gasteiger partial charge in [-0.25, -0.2) is 8.42 Å². The van der Waals surface area contributed by atoms with Gasteiger partial charge in [0.05, 0.1) is 5.75 Å². The van der Waals surface area contributed by atoms with Crippen molar-refractivity contribution in [3.63, 3.8) is 0 Å². The summed E-state index contributed by atoms with van der Waals surface area (Å²) >= 11 is 0. The molecule has 1 fully saturated rings. The van der Waals surface area contributed by atoms with Crippen LogP contribution >= 0.6 is 0 Å². The van der Waals surface area contributed by atoms with Crippen LogP contribution in [0.4, 0.5) is 0 Å². The monoisotopic (exact) mass is 180 g/mol. The van der Waals surface area contributed by atoms with E-state index < -0.39 is 9.84 Å². The molecule has 1 aliphatic heterocycles. The largest absolute Gasteiger partial charge is 0.344 e. The summed E-state index contributed by atoms with van der Waals surface area (Å²) in [4.78, 5) is 0. The van der Waals surface area contributed by atoms with E-state index in [-0.39, 0.29) is 6.15 Å². The van der Waals surface area contributed by atoms with Crippen LogP contribution in [0.25, 0.3) is 0 Å². The fraction of sp³-hybridized carbons (Fsp3) is 1.00. The van der Waals surface area contributed by atoms with Crippen molar-refractivity contribution in [2.45, 2.75) is 13.0 Å². The van der Waals surface area contributed by atoms with Crippen molar-refractivity contribution >= 4 is 9.84 Å². The molecule has 0 aliphatic carbocycles. The van der Waals surface area contributed by atoms with Crippen LogP contribution in [0.5, 0.6) is 0 Å². The maximum atomic E-state index is 10.8. The molecule has 0 aromatic carbocycles. The summed E-state index contributed by atoms with van der Waals surface area (Å²) in [7, 11) is -2.76. The molecular weight excluding hydrogens is 164 g/mol. The minimum atomic E-state index is -2.76. The van der Waals surface area contributed by atoms with Crippen LogP contribution in [0, 0.1) is 5.92 Å². The summed E-state index contributed by atoms with van der Waals surface area (Å²) in [6.07, 6.45) is 1.29. The summed E-state index contributed by atoms with van der Waals surface area (Å²) in [5.41, 5.74) is 0. The van der Waals surface area contributed by atoms with E-state index in [4.69, 9.17) is 0 Å². The van der Waals surface area contributed by atoms with E-state index in [2.05, 4.69) is 5.32 Å². The van der Waals surface area contributed by atoms with Crippen LogP contribution in [0.3, 0.4) is 0 Å². The van der Waals surface area contributed by atoms with Crippen molar-refractivity contribution in [1.82, 2.24) is 11.5 Å². The Bertz CT molecular complexity index is 213. The van der Waals surface area contributed by atoms with E-state index in [1.54, 1.807) is 0 Å². The van der Waals surface area contributed by atoms with Gasteiger partial charge in [0.15, 0.2) is 0 Å². The molecule has 1 saturated heterocycles. The number of hydrogen-bond acceptors (Lipinski definition) is 4. The standard InChI is InChI=1S/C6H13NO2S.H3N/c1-5-6(3-7-5)4-10(2,8)9;/h5-7H,3-4H2,1-2H3;1H3/t5-,6-;/m1./s1. The van der Waals surface area contributed by atoms with Gasteiger partial charge in [0.1, 0.15) is 9.84 Å². The zero-order chi connectivity index (χ0) is 7.78. The predicted octanol–water partition coefficient (Wildman–Crippen LogP) is -0.199. The van der Waals surface area contributed by atoms with Gasteiger partial charge in [0.2, 0.25) is 0 Å². The fourth-order valence-corrected chi connectivity index (χ4v) is 2.30. The first-order chi connectivity index (χ1) is 4.49. The van der Waals surface area contributed by atoms with Crippen LogP contribution in [0.15, 0.2) is 0 Å². The molecule has 0 saturated carbocycles. The van der Waals surface area contributed by atoms with E-state index in [1.165, 1.54) is 6.26 Å². The second kappa shape index (κ2) is 3.51. The van der Waals surface area contributed by atoms with E-state index in [0.29, 0.717) is 17.7 Å². The lowest BCUT2D eigenvalue weighted by Crippen LogP contribution is -2.53. The molecule has 0 unspecified atom stereocenters. The molecule has 68 valence electrons. The molecule has 1 rings (SSSR count). The molecule has 1 heterocycles. The summed E-state index contributed by atoms with van der Waals surface area (Å²) < 4.78 is 21.5. The molecule has 0 bridgehead atoms. The molecule has 4 nitrogen and oxygen atoms in total. The van der Waals surface area contributed by atoms with Crippen molar-refractivity contribution in [3.8, 4) is 0 Å². The van der Waals surface area contributed by atoms with Crippen LogP contribution in [-0.2, 0) is 9.84 Å². The zero-order valence-corrected chi connectivity index (χ0v) is 7.82. The van der Waals surface area contributed by atoms with Crippen LogP contribution in [-0.4, -0.2) is 33.0 Å². The molecule has 0 spiro atoms. The van der Waals surface area contributed by atoms with Crippen molar-refractivity contribution in [3.05, 3.63) is 0 Å². The molecule has 0 amide bonds. The molecule has 2 atom stereocenters.